The predicted molar refractivity (Wildman–Crippen MR) is 90.6 cm³/mol. The maximum atomic E-state index is 12.5. The molecule has 2 aliphatic heterocycles. The zero-order chi connectivity index (χ0) is 16.6. The van der Waals surface area contributed by atoms with E-state index in [2.05, 4.69) is 33.1 Å². The Balaban J connectivity index is 1.47. The number of hydrogen-bond donors (Lipinski definition) is 3. The quantitative estimate of drug-likeness (QED) is 0.782. The van der Waals surface area contributed by atoms with E-state index in [1.54, 1.807) is 12.1 Å². The minimum absolute atomic E-state index is 0.0263. The molecule has 0 radical (unpaired) electrons. The first-order valence-electron chi connectivity index (χ1n) is 7.94. The fourth-order valence-electron chi connectivity index (χ4n) is 3.60. The summed E-state index contributed by atoms with van der Waals surface area (Å²) in [7, 11) is 0. The lowest BCUT2D eigenvalue weighted by Gasteiger charge is -2.22. The van der Waals surface area contributed by atoms with Gasteiger partial charge in [-0.3, -0.25) is 4.79 Å². The van der Waals surface area contributed by atoms with Gasteiger partial charge in [-0.2, -0.15) is 5.26 Å². The van der Waals surface area contributed by atoms with Gasteiger partial charge in [0.15, 0.2) is 0 Å². The summed E-state index contributed by atoms with van der Waals surface area (Å²) in [6.07, 6.45) is 2.26. The van der Waals surface area contributed by atoms with E-state index in [1.807, 2.05) is 18.2 Å². The lowest BCUT2D eigenvalue weighted by Crippen LogP contribution is -2.35. The van der Waals surface area contributed by atoms with Crippen LogP contribution in [0.5, 0.6) is 0 Å². The third-order valence-corrected chi connectivity index (χ3v) is 4.86. The van der Waals surface area contributed by atoms with Crippen LogP contribution >= 0.6 is 0 Å². The molecular formula is C18H17N5O. The van der Waals surface area contributed by atoms with Gasteiger partial charge < -0.3 is 16.0 Å². The molecule has 6 heteroatoms. The van der Waals surface area contributed by atoms with E-state index in [0.717, 1.165) is 25.2 Å². The lowest BCUT2D eigenvalue weighted by atomic mass is 9.80. The first-order chi connectivity index (χ1) is 11.7. The van der Waals surface area contributed by atoms with Gasteiger partial charge in [0.1, 0.15) is 11.8 Å². The molecule has 1 fully saturated rings. The highest BCUT2D eigenvalue weighted by Crippen LogP contribution is 2.42. The molecule has 1 aromatic carbocycles. The zero-order valence-corrected chi connectivity index (χ0v) is 13.0. The average Bonchev–Trinajstić information content (AvgIpc) is 3.22. The first-order valence-corrected chi connectivity index (χ1v) is 7.94. The Bertz CT molecular complexity index is 826. The molecule has 2 aliphatic rings. The highest BCUT2D eigenvalue weighted by molar-refractivity contribution is 5.95. The molecule has 2 atom stereocenters. The van der Waals surface area contributed by atoms with Gasteiger partial charge >= 0.3 is 0 Å². The molecule has 1 aromatic heterocycles. The van der Waals surface area contributed by atoms with Crippen molar-refractivity contribution in [3.05, 3.63) is 53.9 Å². The molecule has 0 saturated carbocycles. The minimum atomic E-state index is -0.242. The Labute approximate surface area is 139 Å². The number of benzene rings is 1. The Hall–Kier alpha value is -2.91. The monoisotopic (exact) mass is 319 g/mol. The lowest BCUT2D eigenvalue weighted by molar-refractivity contribution is -0.117. The SMILES string of the molecule is N#Cc1ccc(NC(=O)C2CC3(CNc4ccccc43)CN2)cn1. The number of carbonyl (C=O) groups excluding carboxylic acids is 1. The Morgan fingerprint density at radius 2 is 2.17 bits per heavy atom. The zero-order valence-electron chi connectivity index (χ0n) is 13.0. The van der Waals surface area contributed by atoms with E-state index < -0.39 is 0 Å². The standard InChI is InChI=1S/C18H17N5O/c19-8-12-5-6-13(9-20-12)23-17(24)16-7-18(11-22-16)10-21-15-4-2-1-3-14(15)18/h1-6,9,16,21-22H,7,10-11H2,(H,23,24). The molecule has 24 heavy (non-hydrogen) atoms. The van der Waals surface area contributed by atoms with Crippen LogP contribution in [-0.4, -0.2) is 30.0 Å². The van der Waals surface area contributed by atoms with Gasteiger partial charge in [0.2, 0.25) is 5.91 Å². The molecule has 1 saturated heterocycles. The molecule has 4 rings (SSSR count). The molecule has 0 bridgehead atoms. The molecule has 0 aliphatic carbocycles. The third kappa shape index (κ3) is 2.39. The van der Waals surface area contributed by atoms with E-state index >= 15 is 0 Å². The van der Waals surface area contributed by atoms with E-state index in [4.69, 9.17) is 5.26 Å². The van der Waals surface area contributed by atoms with Crippen molar-refractivity contribution >= 4 is 17.3 Å². The van der Waals surface area contributed by atoms with Crippen molar-refractivity contribution < 1.29 is 4.79 Å². The molecule has 2 aromatic rings. The molecule has 2 unspecified atom stereocenters. The van der Waals surface area contributed by atoms with Crippen LogP contribution in [0.15, 0.2) is 42.6 Å². The molecule has 1 amide bonds. The molecule has 1 spiro atoms. The summed E-state index contributed by atoms with van der Waals surface area (Å²) in [5.41, 5.74) is 3.36. The van der Waals surface area contributed by atoms with E-state index in [1.165, 1.54) is 11.8 Å². The summed E-state index contributed by atoms with van der Waals surface area (Å²) >= 11 is 0. The number of anilines is 2. The van der Waals surface area contributed by atoms with Crippen LogP contribution in [0.2, 0.25) is 0 Å². The van der Waals surface area contributed by atoms with Crippen LogP contribution in [-0.2, 0) is 10.2 Å². The van der Waals surface area contributed by atoms with Crippen LogP contribution in [0.4, 0.5) is 11.4 Å². The van der Waals surface area contributed by atoms with Crippen LogP contribution < -0.4 is 16.0 Å². The van der Waals surface area contributed by atoms with Gasteiger partial charge in [0.25, 0.3) is 0 Å². The Kier molecular flexibility index (Phi) is 3.44. The smallest absolute Gasteiger partial charge is 0.241 e. The average molecular weight is 319 g/mol. The second kappa shape index (κ2) is 5.62. The van der Waals surface area contributed by atoms with Crippen molar-refractivity contribution in [3.63, 3.8) is 0 Å². The summed E-state index contributed by atoms with van der Waals surface area (Å²) in [6, 6.07) is 13.3. The number of nitrogens with zero attached hydrogens (tertiary/aromatic N) is 2. The van der Waals surface area contributed by atoms with Crippen molar-refractivity contribution in [3.8, 4) is 6.07 Å². The van der Waals surface area contributed by atoms with Crippen LogP contribution in [0.1, 0.15) is 17.7 Å². The van der Waals surface area contributed by atoms with Crippen molar-refractivity contribution in [2.24, 2.45) is 0 Å². The second-order valence-corrected chi connectivity index (χ2v) is 6.35. The number of fused-ring (bicyclic) bond motifs is 2. The highest BCUT2D eigenvalue weighted by atomic mass is 16.2. The summed E-state index contributed by atoms with van der Waals surface area (Å²) < 4.78 is 0. The predicted octanol–water partition coefficient (Wildman–Crippen LogP) is 1.62. The van der Waals surface area contributed by atoms with E-state index in [0.29, 0.717) is 11.4 Å². The summed E-state index contributed by atoms with van der Waals surface area (Å²) in [4.78, 5) is 16.5. The maximum absolute atomic E-state index is 12.5. The molecule has 3 N–H and O–H groups in total. The van der Waals surface area contributed by atoms with Crippen molar-refractivity contribution in [1.29, 1.82) is 5.26 Å². The van der Waals surface area contributed by atoms with Crippen molar-refractivity contribution in [2.45, 2.75) is 17.9 Å². The maximum Gasteiger partial charge on any atom is 0.241 e. The summed E-state index contributed by atoms with van der Waals surface area (Å²) in [6.45, 7) is 1.63. The van der Waals surface area contributed by atoms with Crippen molar-refractivity contribution in [2.75, 3.05) is 23.7 Å². The number of para-hydroxylation sites is 1. The number of nitrogens with one attached hydrogen (secondary N) is 3. The second-order valence-electron chi connectivity index (χ2n) is 6.35. The Morgan fingerprint density at radius 3 is 2.96 bits per heavy atom. The topological polar surface area (TPSA) is 89.8 Å². The van der Waals surface area contributed by atoms with Crippen LogP contribution in [0.3, 0.4) is 0 Å². The molecular weight excluding hydrogens is 302 g/mol. The van der Waals surface area contributed by atoms with Gasteiger partial charge in [-0.05, 0) is 30.2 Å². The van der Waals surface area contributed by atoms with Gasteiger partial charge in [-0.1, -0.05) is 18.2 Å². The number of rotatable bonds is 2. The van der Waals surface area contributed by atoms with Crippen molar-refractivity contribution in [1.82, 2.24) is 10.3 Å². The summed E-state index contributed by atoms with van der Waals surface area (Å²) in [5.74, 6) is -0.0669. The number of aromatic nitrogens is 1. The number of pyridine rings is 1. The Morgan fingerprint density at radius 1 is 1.29 bits per heavy atom. The van der Waals surface area contributed by atoms with Gasteiger partial charge in [0, 0.05) is 24.2 Å². The summed E-state index contributed by atoms with van der Waals surface area (Å²) in [5, 5.41) is 18.4. The fourth-order valence-corrected chi connectivity index (χ4v) is 3.60. The first kappa shape index (κ1) is 14.7. The molecule has 3 heterocycles. The van der Waals surface area contributed by atoms with Crippen LogP contribution in [0.25, 0.3) is 0 Å². The largest absolute Gasteiger partial charge is 0.384 e. The van der Waals surface area contributed by atoms with E-state index in [-0.39, 0.29) is 17.4 Å². The van der Waals surface area contributed by atoms with Gasteiger partial charge in [-0.25, -0.2) is 4.98 Å². The third-order valence-electron chi connectivity index (χ3n) is 4.86. The number of carbonyl (C=O) groups is 1. The van der Waals surface area contributed by atoms with Gasteiger partial charge in [0.05, 0.1) is 17.9 Å². The fraction of sp³-hybridized carbons (Fsp3) is 0.278. The highest BCUT2D eigenvalue weighted by Gasteiger charge is 2.46. The van der Waals surface area contributed by atoms with E-state index in [9.17, 15) is 4.79 Å². The minimum Gasteiger partial charge on any atom is -0.384 e. The molecule has 6 nitrogen and oxygen atoms in total. The number of amides is 1. The number of nitriles is 1. The van der Waals surface area contributed by atoms with Crippen LogP contribution in [0, 0.1) is 11.3 Å². The molecule has 120 valence electrons. The van der Waals surface area contributed by atoms with Gasteiger partial charge in [-0.15, -0.1) is 0 Å². The number of hydrogen-bond acceptors (Lipinski definition) is 5. The normalized spacial score (nSPS) is 24.2.